The second-order valence-electron chi connectivity index (χ2n) is 20.4. The van der Waals surface area contributed by atoms with Crippen molar-refractivity contribution in [3.63, 3.8) is 0 Å². The van der Waals surface area contributed by atoms with Gasteiger partial charge in [0.2, 0.25) is 43.7 Å². The van der Waals surface area contributed by atoms with Crippen LogP contribution in [0.25, 0.3) is 0 Å². The average molecular weight is 1150 g/mol. The minimum Gasteiger partial charge on any atom is -0.343 e. The van der Waals surface area contributed by atoms with Gasteiger partial charge in [0.1, 0.15) is 23.7 Å². The van der Waals surface area contributed by atoms with Crippen LogP contribution >= 0.6 is 0 Å². The summed E-state index contributed by atoms with van der Waals surface area (Å²) in [6.45, 7) is 4.37. The van der Waals surface area contributed by atoms with E-state index in [1.165, 1.54) is 32.9 Å². The molecule has 0 unspecified atom stereocenters. The van der Waals surface area contributed by atoms with E-state index < -0.39 is 85.8 Å². The molecule has 0 aromatic heterocycles. The van der Waals surface area contributed by atoms with E-state index in [1.54, 1.807) is 37.7 Å². The van der Waals surface area contributed by atoms with Crippen molar-refractivity contribution in [2.75, 3.05) is 66.5 Å². The zero-order chi connectivity index (χ0) is 57.8. The minimum absolute atomic E-state index is 0.0243. The van der Waals surface area contributed by atoms with Gasteiger partial charge in [0.25, 0.3) is 0 Å². The number of nitrogens with one attached hydrogen (secondary N) is 6. The van der Waals surface area contributed by atoms with Gasteiger partial charge >= 0.3 is 6.03 Å². The van der Waals surface area contributed by atoms with E-state index >= 15 is 0 Å². The number of urea groups is 1. The number of carbonyl (C=O) groups is 5. The third kappa shape index (κ3) is 17.8. The highest BCUT2D eigenvalue weighted by Crippen LogP contribution is 2.27. The standard InChI is InChI=1S/C57H78F2N10O9S2/c1-41(60-3)53(70)64-51(55(72)68-35-13-19-47(68)39-66(37-31-43-15-7-5-8-16-43)79(75,76)49-27-23-45(58)24-28-49)21-11-33-62-57(74)63-34-12-22-52(65-54(71)42(2)61-4)56(73)69-36-14-20-48(69)40-67(38-32-44-17-9-6-10-18-44)80(77,78)50-29-25-46(59)26-30-50/h5-10,15-18,23-30,41-42,47-48,51-52,60-61H,11-14,19-22,31-40H2,1-4H3,(H,64,70)(H,65,71)(H2,62,63,74)/t41-,42-,47-,48-,51-,52-/m0/s1. The number of sulfonamides is 2. The highest BCUT2D eigenvalue weighted by Gasteiger charge is 2.39. The van der Waals surface area contributed by atoms with E-state index in [0.29, 0.717) is 51.6 Å². The number of carbonyl (C=O) groups excluding carboxylic acids is 5. The normalized spacial score (nSPS) is 17.2. The van der Waals surface area contributed by atoms with Gasteiger partial charge in [-0.3, -0.25) is 19.2 Å². The van der Waals surface area contributed by atoms with Crippen LogP contribution in [-0.2, 0) is 52.1 Å². The molecule has 6 amide bonds. The van der Waals surface area contributed by atoms with Gasteiger partial charge < -0.3 is 41.7 Å². The number of amides is 6. The average Bonchev–Trinajstić information content (AvgIpc) is 4.17. The molecule has 0 bridgehead atoms. The van der Waals surface area contributed by atoms with E-state index in [9.17, 15) is 49.6 Å². The van der Waals surface area contributed by atoms with Crippen LogP contribution in [0.2, 0.25) is 0 Å². The van der Waals surface area contributed by atoms with Crippen LogP contribution < -0.4 is 31.9 Å². The first-order chi connectivity index (χ1) is 38.3. The Kier molecular flexibility index (Phi) is 23.9. The van der Waals surface area contributed by atoms with Crippen molar-refractivity contribution in [1.82, 2.24) is 50.3 Å². The number of hydrogen-bond donors (Lipinski definition) is 6. The first-order valence-corrected chi connectivity index (χ1v) is 30.4. The smallest absolute Gasteiger partial charge is 0.314 e. The molecule has 6 N–H and O–H groups in total. The third-order valence-electron chi connectivity index (χ3n) is 14.8. The first-order valence-electron chi connectivity index (χ1n) is 27.5. The molecule has 6 rings (SSSR count). The lowest BCUT2D eigenvalue weighted by atomic mass is 10.1. The van der Waals surface area contributed by atoms with Crippen LogP contribution in [0.1, 0.15) is 76.3 Å². The van der Waals surface area contributed by atoms with Crippen molar-refractivity contribution in [1.29, 1.82) is 0 Å². The Bertz CT molecular complexity index is 2690. The maximum absolute atomic E-state index is 14.5. The van der Waals surface area contributed by atoms with Crippen LogP contribution in [-0.4, -0.2) is 168 Å². The van der Waals surface area contributed by atoms with E-state index in [1.807, 2.05) is 60.7 Å². The van der Waals surface area contributed by atoms with Gasteiger partial charge in [0.15, 0.2) is 0 Å². The molecule has 0 saturated carbocycles. The van der Waals surface area contributed by atoms with Crippen LogP contribution in [0.3, 0.4) is 0 Å². The van der Waals surface area contributed by atoms with E-state index in [4.69, 9.17) is 0 Å². The summed E-state index contributed by atoms with van der Waals surface area (Å²) < 4.78 is 86.9. The molecule has 0 aliphatic carbocycles. The maximum atomic E-state index is 14.5. The number of halogens is 2. The summed E-state index contributed by atoms with van der Waals surface area (Å²) in [6, 6.07) is 23.2. The fourth-order valence-electron chi connectivity index (χ4n) is 9.88. The van der Waals surface area contributed by atoms with Gasteiger partial charge in [-0.2, -0.15) is 8.61 Å². The number of likely N-dealkylation sites (N-methyl/N-ethyl adjacent to an activating group) is 2. The SMILES string of the molecule is CN[C@@H](C)C(=O)N[C@@H](CCCNC(=O)NCCC[C@H](NC(=O)[C@H](C)NC)C(=O)N1CCC[C@H]1CN(CCc1ccccc1)S(=O)(=O)c1ccc(F)cc1)C(=O)N1CCC[C@H]1CN(CCc1ccccc1)S(=O)(=O)c1ccc(F)cc1. The Morgan fingerprint density at radius 1 is 0.562 bits per heavy atom. The van der Waals surface area contributed by atoms with Crippen molar-refractivity contribution >= 4 is 49.7 Å². The molecule has 19 nitrogen and oxygen atoms in total. The molecule has 436 valence electrons. The molecule has 0 spiro atoms. The molecule has 0 radical (unpaired) electrons. The lowest BCUT2D eigenvalue weighted by Gasteiger charge is -2.33. The topological polar surface area (TPSA) is 239 Å². The summed E-state index contributed by atoms with van der Waals surface area (Å²) in [7, 11) is -5.00. The number of rotatable bonds is 30. The summed E-state index contributed by atoms with van der Waals surface area (Å²) in [4.78, 5) is 71.7. The monoisotopic (exact) mass is 1150 g/mol. The molecule has 23 heteroatoms. The van der Waals surface area contributed by atoms with E-state index in [0.717, 1.165) is 35.4 Å². The van der Waals surface area contributed by atoms with Crippen LogP contribution in [0.15, 0.2) is 119 Å². The van der Waals surface area contributed by atoms with Crippen molar-refractivity contribution in [2.24, 2.45) is 0 Å². The number of hydrogen-bond acceptors (Lipinski definition) is 11. The lowest BCUT2D eigenvalue weighted by molar-refractivity contribution is -0.138. The Balaban J connectivity index is 1.05. The fourth-order valence-corrected chi connectivity index (χ4v) is 12.8. The van der Waals surface area contributed by atoms with Crippen LogP contribution in [0, 0.1) is 11.6 Å². The molecule has 2 saturated heterocycles. The van der Waals surface area contributed by atoms with Crippen LogP contribution in [0.5, 0.6) is 0 Å². The van der Waals surface area contributed by atoms with Gasteiger partial charge in [-0.25, -0.2) is 30.4 Å². The van der Waals surface area contributed by atoms with Gasteiger partial charge in [-0.1, -0.05) is 60.7 Å². The molecule has 4 aromatic rings. The highest BCUT2D eigenvalue weighted by molar-refractivity contribution is 7.89. The number of nitrogens with zero attached hydrogens (tertiary/aromatic N) is 4. The summed E-state index contributed by atoms with van der Waals surface area (Å²) >= 11 is 0. The zero-order valence-electron chi connectivity index (χ0n) is 46.1. The Hall–Kier alpha value is -6.37. The molecule has 4 aromatic carbocycles. The Labute approximate surface area is 470 Å². The zero-order valence-corrected chi connectivity index (χ0v) is 47.8. The molecule has 2 aliphatic heterocycles. The van der Waals surface area contributed by atoms with Gasteiger partial charge in [-0.15, -0.1) is 0 Å². The summed E-state index contributed by atoms with van der Waals surface area (Å²) in [5, 5.41) is 17.1. The second-order valence-corrected chi connectivity index (χ2v) is 24.2. The number of benzene rings is 4. The van der Waals surface area contributed by atoms with Gasteiger partial charge in [0, 0.05) is 64.4 Å². The second kappa shape index (κ2) is 30.4. The van der Waals surface area contributed by atoms with Crippen molar-refractivity contribution in [3.8, 4) is 0 Å². The highest BCUT2D eigenvalue weighted by atomic mass is 32.2. The summed E-state index contributed by atoms with van der Waals surface area (Å²) in [5.74, 6) is -2.75. The maximum Gasteiger partial charge on any atom is 0.314 e. The molecule has 2 fully saturated rings. The Morgan fingerprint density at radius 2 is 0.925 bits per heavy atom. The summed E-state index contributed by atoms with van der Waals surface area (Å²) in [5.41, 5.74) is 1.84. The minimum atomic E-state index is -4.12. The molecule has 6 atom stereocenters. The first kappa shape index (κ1) is 62.8. The van der Waals surface area contributed by atoms with Crippen molar-refractivity contribution in [3.05, 3.63) is 132 Å². The van der Waals surface area contributed by atoms with Gasteiger partial charge in [0.05, 0.1) is 21.9 Å². The molecule has 2 heterocycles. The quantitative estimate of drug-likeness (QED) is 0.0406. The van der Waals surface area contributed by atoms with Crippen LogP contribution in [0.4, 0.5) is 13.6 Å². The molecular formula is C57H78F2N10O9S2. The van der Waals surface area contributed by atoms with Crippen molar-refractivity contribution in [2.45, 2.75) is 124 Å². The molecule has 2 aliphatic rings. The Morgan fingerprint density at radius 3 is 1.27 bits per heavy atom. The largest absolute Gasteiger partial charge is 0.343 e. The van der Waals surface area contributed by atoms with Crippen molar-refractivity contribution < 1.29 is 49.6 Å². The van der Waals surface area contributed by atoms with Gasteiger partial charge in [-0.05, 0) is 152 Å². The fraction of sp³-hybridized carbons (Fsp3) is 0.491. The lowest BCUT2D eigenvalue weighted by Crippen LogP contribution is -2.55. The predicted octanol–water partition coefficient (Wildman–Crippen LogP) is 4.16. The third-order valence-corrected chi connectivity index (χ3v) is 18.6. The molecule has 80 heavy (non-hydrogen) atoms. The van der Waals surface area contributed by atoms with E-state index in [-0.39, 0.29) is 86.6 Å². The predicted molar refractivity (Wildman–Crippen MR) is 301 cm³/mol. The molecular weight excluding hydrogens is 1070 g/mol. The summed E-state index contributed by atoms with van der Waals surface area (Å²) in [6.07, 6.45) is 3.86. The van der Waals surface area contributed by atoms with E-state index in [2.05, 4.69) is 31.9 Å². The number of likely N-dealkylation sites (tertiary alicyclic amines) is 2.